The number of hydrogen-bond acceptors (Lipinski definition) is 3. The Balaban J connectivity index is 1.99. The largest absolute Gasteiger partial charge is 0.375 e. The van der Waals surface area contributed by atoms with E-state index in [0.717, 1.165) is 11.2 Å². The average Bonchev–Trinajstić information content (AvgIpc) is 2.93. The minimum Gasteiger partial charge on any atom is -0.375 e. The van der Waals surface area contributed by atoms with Crippen molar-refractivity contribution in [3.05, 3.63) is 46.6 Å². The molecule has 3 aromatic rings. The first-order chi connectivity index (χ1) is 8.72. The molecule has 3 N–H and O–H groups in total. The van der Waals surface area contributed by atoms with Gasteiger partial charge < -0.3 is 10.7 Å². The monoisotopic (exact) mass is 255 g/mol. The maximum atomic E-state index is 5.61. The summed E-state index contributed by atoms with van der Waals surface area (Å²) < 4.78 is 0. The molecule has 0 radical (unpaired) electrons. The first-order valence-corrected chi connectivity index (χ1v) is 6.57. The summed E-state index contributed by atoms with van der Waals surface area (Å²) in [4.78, 5) is 7.47. The van der Waals surface area contributed by atoms with Gasteiger partial charge in [-0.2, -0.15) is 0 Å². The molecule has 3 rings (SSSR count). The Morgan fingerprint density at radius 2 is 2.22 bits per heavy atom. The van der Waals surface area contributed by atoms with Crippen LogP contribution >= 0.6 is 11.3 Å². The van der Waals surface area contributed by atoms with Gasteiger partial charge in [0.2, 0.25) is 0 Å². The van der Waals surface area contributed by atoms with E-state index in [-0.39, 0.29) is 0 Å². The molecule has 0 atom stereocenters. The van der Waals surface area contributed by atoms with Gasteiger partial charge in [-0.3, -0.25) is 0 Å². The van der Waals surface area contributed by atoms with Gasteiger partial charge in [0.25, 0.3) is 0 Å². The highest BCUT2D eigenvalue weighted by molar-refractivity contribution is 7.13. The van der Waals surface area contributed by atoms with Crippen molar-refractivity contribution in [3.63, 3.8) is 0 Å². The van der Waals surface area contributed by atoms with E-state index in [4.69, 9.17) is 5.73 Å². The standard InChI is InChI=1S/C14H13N3S/c1-9-2-5-13-12(6-9)10(7-16-13)3-4-11-8-18-14(15)17-11/h2-8,16H,1H3,(H2,15,17). The molecule has 0 saturated heterocycles. The van der Waals surface area contributed by atoms with E-state index in [2.05, 4.69) is 41.2 Å². The predicted molar refractivity (Wildman–Crippen MR) is 78.5 cm³/mol. The highest BCUT2D eigenvalue weighted by atomic mass is 32.1. The smallest absolute Gasteiger partial charge is 0.180 e. The Bertz CT molecular complexity index is 722. The number of aromatic nitrogens is 2. The summed E-state index contributed by atoms with van der Waals surface area (Å²) in [5.41, 5.74) is 10.1. The molecule has 0 aliphatic heterocycles. The fraction of sp³-hybridized carbons (Fsp3) is 0.0714. The second-order valence-corrected chi connectivity index (χ2v) is 5.13. The minimum absolute atomic E-state index is 0.601. The molecule has 0 aliphatic carbocycles. The lowest BCUT2D eigenvalue weighted by Gasteiger charge is -1.94. The van der Waals surface area contributed by atoms with Crippen LogP contribution in [0.5, 0.6) is 0 Å². The van der Waals surface area contributed by atoms with E-state index in [1.165, 1.54) is 27.8 Å². The molecule has 0 unspecified atom stereocenters. The Hall–Kier alpha value is -2.07. The van der Waals surface area contributed by atoms with Gasteiger partial charge in [-0.15, -0.1) is 11.3 Å². The van der Waals surface area contributed by atoms with E-state index in [0.29, 0.717) is 5.13 Å². The van der Waals surface area contributed by atoms with E-state index in [1.807, 2.05) is 17.7 Å². The summed E-state index contributed by atoms with van der Waals surface area (Å²) in [6.45, 7) is 2.10. The number of aromatic amines is 1. The van der Waals surface area contributed by atoms with Crippen molar-refractivity contribution in [1.82, 2.24) is 9.97 Å². The third kappa shape index (κ3) is 2.02. The summed E-state index contributed by atoms with van der Waals surface area (Å²) >= 11 is 1.46. The van der Waals surface area contributed by atoms with Crippen LogP contribution in [-0.2, 0) is 0 Å². The zero-order chi connectivity index (χ0) is 12.5. The second kappa shape index (κ2) is 4.31. The van der Waals surface area contributed by atoms with Crippen LogP contribution in [0, 0.1) is 6.92 Å². The lowest BCUT2D eigenvalue weighted by molar-refractivity contribution is 1.39. The van der Waals surface area contributed by atoms with Crippen LogP contribution in [0.15, 0.2) is 29.8 Å². The molecule has 0 bridgehead atoms. The molecular formula is C14H13N3S. The van der Waals surface area contributed by atoms with Crippen molar-refractivity contribution in [2.24, 2.45) is 0 Å². The zero-order valence-corrected chi connectivity index (χ0v) is 10.8. The molecule has 4 heteroatoms. The lowest BCUT2D eigenvalue weighted by Crippen LogP contribution is -1.80. The molecule has 2 heterocycles. The van der Waals surface area contributed by atoms with Crippen molar-refractivity contribution in [2.45, 2.75) is 6.92 Å². The van der Waals surface area contributed by atoms with Crippen LogP contribution in [0.3, 0.4) is 0 Å². The number of thiazole rings is 1. The average molecular weight is 255 g/mol. The third-order valence-corrected chi connectivity index (χ3v) is 3.53. The highest BCUT2D eigenvalue weighted by Gasteiger charge is 2.01. The normalized spacial score (nSPS) is 11.6. The number of nitrogen functional groups attached to an aromatic ring is 1. The highest BCUT2D eigenvalue weighted by Crippen LogP contribution is 2.22. The second-order valence-electron chi connectivity index (χ2n) is 4.24. The van der Waals surface area contributed by atoms with Crippen LogP contribution in [0.4, 0.5) is 5.13 Å². The fourth-order valence-electron chi connectivity index (χ4n) is 1.95. The molecule has 0 aliphatic rings. The Morgan fingerprint density at radius 3 is 3.00 bits per heavy atom. The maximum Gasteiger partial charge on any atom is 0.180 e. The predicted octanol–water partition coefficient (Wildman–Crippen LogP) is 3.69. The third-order valence-electron chi connectivity index (χ3n) is 2.84. The Labute approximate surface area is 109 Å². The zero-order valence-electron chi connectivity index (χ0n) is 9.97. The summed E-state index contributed by atoms with van der Waals surface area (Å²) in [7, 11) is 0. The molecule has 0 fully saturated rings. The maximum absolute atomic E-state index is 5.61. The number of hydrogen-bond donors (Lipinski definition) is 2. The first-order valence-electron chi connectivity index (χ1n) is 5.69. The molecule has 2 aromatic heterocycles. The van der Waals surface area contributed by atoms with E-state index < -0.39 is 0 Å². The molecule has 3 nitrogen and oxygen atoms in total. The Kier molecular flexibility index (Phi) is 2.64. The molecular weight excluding hydrogens is 242 g/mol. The first kappa shape index (κ1) is 11.0. The van der Waals surface area contributed by atoms with Gasteiger partial charge in [-0.05, 0) is 30.7 Å². The van der Waals surface area contributed by atoms with Gasteiger partial charge in [0.05, 0.1) is 5.69 Å². The number of rotatable bonds is 2. The van der Waals surface area contributed by atoms with Crippen molar-refractivity contribution in [3.8, 4) is 0 Å². The van der Waals surface area contributed by atoms with Gasteiger partial charge in [-0.1, -0.05) is 17.7 Å². The van der Waals surface area contributed by atoms with E-state index in [9.17, 15) is 0 Å². The number of benzene rings is 1. The molecule has 0 saturated carbocycles. The van der Waals surface area contributed by atoms with Gasteiger partial charge >= 0.3 is 0 Å². The summed E-state index contributed by atoms with van der Waals surface area (Å²) in [6, 6.07) is 6.39. The van der Waals surface area contributed by atoms with Gasteiger partial charge in [0.15, 0.2) is 5.13 Å². The van der Waals surface area contributed by atoms with Crippen molar-refractivity contribution >= 4 is 39.5 Å². The Morgan fingerprint density at radius 1 is 1.33 bits per heavy atom. The van der Waals surface area contributed by atoms with Crippen molar-refractivity contribution in [2.75, 3.05) is 5.73 Å². The van der Waals surface area contributed by atoms with Crippen molar-refractivity contribution in [1.29, 1.82) is 0 Å². The van der Waals surface area contributed by atoms with Crippen LogP contribution in [0.1, 0.15) is 16.8 Å². The number of nitrogens with one attached hydrogen (secondary N) is 1. The molecule has 18 heavy (non-hydrogen) atoms. The fourth-order valence-corrected chi connectivity index (χ4v) is 2.48. The van der Waals surface area contributed by atoms with Crippen LogP contribution in [0.2, 0.25) is 0 Å². The van der Waals surface area contributed by atoms with E-state index >= 15 is 0 Å². The minimum atomic E-state index is 0.601. The molecule has 0 amide bonds. The van der Waals surface area contributed by atoms with E-state index in [1.54, 1.807) is 0 Å². The van der Waals surface area contributed by atoms with Gasteiger partial charge in [0.1, 0.15) is 0 Å². The van der Waals surface area contributed by atoms with Gasteiger partial charge in [0, 0.05) is 22.5 Å². The summed E-state index contributed by atoms with van der Waals surface area (Å²) in [6.07, 6.45) is 6.06. The topological polar surface area (TPSA) is 54.7 Å². The van der Waals surface area contributed by atoms with Crippen molar-refractivity contribution < 1.29 is 0 Å². The van der Waals surface area contributed by atoms with Crippen LogP contribution in [-0.4, -0.2) is 9.97 Å². The van der Waals surface area contributed by atoms with Gasteiger partial charge in [-0.25, -0.2) is 4.98 Å². The SMILES string of the molecule is Cc1ccc2[nH]cc(C=Cc3csc(N)n3)c2c1. The molecule has 90 valence electrons. The number of H-pyrrole nitrogens is 1. The summed E-state index contributed by atoms with van der Waals surface area (Å²) in [5, 5.41) is 3.78. The number of nitrogens with two attached hydrogens (primary N) is 1. The molecule has 1 aromatic carbocycles. The summed E-state index contributed by atoms with van der Waals surface area (Å²) in [5.74, 6) is 0. The lowest BCUT2D eigenvalue weighted by atomic mass is 10.1. The number of anilines is 1. The van der Waals surface area contributed by atoms with Crippen LogP contribution < -0.4 is 5.73 Å². The van der Waals surface area contributed by atoms with Crippen LogP contribution in [0.25, 0.3) is 23.1 Å². The molecule has 0 spiro atoms. The quantitative estimate of drug-likeness (QED) is 0.733. The number of nitrogens with zero attached hydrogens (tertiary/aromatic N) is 1. The number of fused-ring (bicyclic) bond motifs is 1. The number of aryl methyl sites for hydroxylation is 1.